The molecule has 0 saturated carbocycles. The summed E-state index contributed by atoms with van der Waals surface area (Å²) in [6.45, 7) is 1.75. The van der Waals surface area contributed by atoms with Crippen LogP contribution in [-0.2, 0) is 12.6 Å². The summed E-state index contributed by atoms with van der Waals surface area (Å²) in [5.41, 5.74) is -1.12. The van der Waals surface area contributed by atoms with Crippen LogP contribution in [0, 0.1) is 0 Å². The third-order valence-electron chi connectivity index (χ3n) is 3.05. The molecule has 2 heterocycles. The van der Waals surface area contributed by atoms with Crippen LogP contribution in [-0.4, -0.2) is 19.9 Å². The van der Waals surface area contributed by atoms with Gasteiger partial charge in [0.1, 0.15) is 6.33 Å². The molecule has 5 heteroatoms. The van der Waals surface area contributed by atoms with Crippen molar-refractivity contribution in [2.75, 3.05) is 0 Å². The Balaban J connectivity index is 2.16. The van der Waals surface area contributed by atoms with Crippen molar-refractivity contribution < 1.29 is 5.11 Å². The molecular weight excluding hydrogens is 246 g/mol. The number of rotatable bonds is 2. The Labute approximate surface area is 109 Å². The molecule has 0 aliphatic carbocycles. The van der Waals surface area contributed by atoms with E-state index in [-0.39, 0.29) is 0 Å². The molecule has 0 radical (unpaired) electrons. The molecule has 4 nitrogen and oxygen atoms in total. The van der Waals surface area contributed by atoms with E-state index >= 15 is 0 Å². The van der Waals surface area contributed by atoms with E-state index < -0.39 is 5.60 Å². The minimum Gasteiger partial charge on any atom is -0.377 e. The number of aliphatic hydroxyl groups is 1. The minimum absolute atomic E-state index is 0.550. The summed E-state index contributed by atoms with van der Waals surface area (Å²) in [5, 5.41) is 15.9. The lowest BCUT2D eigenvalue weighted by Crippen LogP contribution is -2.26. The number of benzene rings is 1. The Kier molecular flexibility index (Phi) is 2.46. The molecule has 1 aromatic carbocycles. The molecule has 3 rings (SSSR count). The van der Waals surface area contributed by atoms with E-state index in [2.05, 4.69) is 16.1 Å². The van der Waals surface area contributed by atoms with Crippen LogP contribution in [0.3, 0.4) is 0 Å². The minimum atomic E-state index is -1.12. The highest BCUT2D eigenvalue weighted by atomic mass is 32.1. The van der Waals surface area contributed by atoms with E-state index in [0.717, 1.165) is 15.0 Å². The van der Waals surface area contributed by atoms with Crippen molar-refractivity contribution in [3.63, 3.8) is 0 Å². The standard InChI is InChI=1S/C13H13N3OS/c1-13(17,12-14-8-15-16(12)2)11-7-9-5-3-4-6-10(9)18-11/h3-8,17H,1-2H3. The van der Waals surface area contributed by atoms with Crippen molar-refractivity contribution in [3.05, 3.63) is 47.4 Å². The van der Waals surface area contributed by atoms with E-state index in [9.17, 15) is 5.11 Å². The maximum Gasteiger partial charge on any atom is 0.163 e. The number of nitrogens with zero attached hydrogens (tertiary/aromatic N) is 3. The Morgan fingerprint density at radius 1 is 1.33 bits per heavy atom. The first-order valence-electron chi connectivity index (χ1n) is 5.65. The molecule has 0 aliphatic heterocycles. The van der Waals surface area contributed by atoms with Crippen LogP contribution < -0.4 is 0 Å². The molecule has 0 saturated heterocycles. The van der Waals surface area contributed by atoms with Gasteiger partial charge in [0.15, 0.2) is 11.4 Å². The van der Waals surface area contributed by atoms with Crippen molar-refractivity contribution in [1.29, 1.82) is 0 Å². The number of thiophene rings is 1. The highest BCUT2D eigenvalue weighted by molar-refractivity contribution is 7.19. The highest BCUT2D eigenvalue weighted by Gasteiger charge is 2.32. The van der Waals surface area contributed by atoms with Gasteiger partial charge >= 0.3 is 0 Å². The lowest BCUT2D eigenvalue weighted by atomic mass is 10.0. The van der Waals surface area contributed by atoms with Gasteiger partial charge in [-0.2, -0.15) is 5.10 Å². The summed E-state index contributed by atoms with van der Waals surface area (Å²) >= 11 is 1.58. The second kappa shape index (κ2) is 3.90. The average molecular weight is 259 g/mol. The molecule has 18 heavy (non-hydrogen) atoms. The Hall–Kier alpha value is -1.72. The van der Waals surface area contributed by atoms with Gasteiger partial charge in [-0.1, -0.05) is 18.2 Å². The molecular formula is C13H13N3OS. The van der Waals surface area contributed by atoms with Gasteiger partial charge in [-0.25, -0.2) is 4.98 Å². The molecule has 92 valence electrons. The smallest absolute Gasteiger partial charge is 0.163 e. The van der Waals surface area contributed by atoms with Crippen molar-refractivity contribution in [2.24, 2.45) is 7.05 Å². The number of hydrogen-bond acceptors (Lipinski definition) is 4. The lowest BCUT2D eigenvalue weighted by Gasteiger charge is -2.20. The molecule has 1 atom stereocenters. The van der Waals surface area contributed by atoms with Crippen molar-refractivity contribution in [2.45, 2.75) is 12.5 Å². The summed E-state index contributed by atoms with van der Waals surface area (Å²) in [5.74, 6) is 0.550. The molecule has 1 unspecified atom stereocenters. The highest BCUT2D eigenvalue weighted by Crippen LogP contribution is 2.36. The Morgan fingerprint density at radius 3 is 2.78 bits per heavy atom. The first kappa shape index (κ1) is 11.4. The van der Waals surface area contributed by atoms with Gasteiger partial charge in [0.05, 0.1) is 0 Å². The van der Waals surface area contributed by atoms with E-state index in [1.54, 1.807) is 30.0 Å². The monoisotopic (exact) mass is 259 g/mol. The third-order valence-corrected chi connectivity index (χ3v) is 4.38. The number of aromatic nitrogens is 3. The van der Waals surface area contributed by atoms with Crippen LogP contribution in [0.5, 0.6) is 0 Å². The Morgan fingerprint density at radius 2 is 2.11 bits per heavy atom. The van der Waals surface area contributed by atoms with Gasteiger partial charge in [0.2, 0.25) is 0 Å². The second-order valence-corrected chi connectivity index (χ2v) is 5.51. The van der Waals surface area contributed by atoms with Gasteiger partial charge in [0, 0.05) is 16.6 Å². The molecule has 3 aromatic rings. The first-order chi connectivity index (χ1) is 8.59. The molecule has 2 aromatic heterocycles. The number of hydrogen-bond donors (Lipinski definition) is 1. The molecule has 0 spiro atoms. The van der Waals surface area contributed by atoms with Gasteiger partial charge in [0.25, 0.3) is 0 Å². The fraction of sp³-hybridized carbons (Fsp3) is 0.231. The third kappa shape index (κ3) is 1.63. The van der Waals surface area contributed by atoms with Crippen LogP contribution in [0.4, 0.5) is 0 Å². The van der Waals surface area contributed by atoms with E-state index in [0.29, 0.717) is 5.82 Å². The van der Waals surface area contributed by atoms with E-state index in [1.807, 2.05) is 24.3 Å². The van der Waals surface area contributed by atoms with Gasteiger partial charge in [-0.15, -0.1) is 11.3 Å². The zero-order chi connectivity index (χ0) is 12.8. The molecule has 0 fully saturated rings. The van der Waals surface area contributed by atoms with Gasteiger partial charge < -0.3 is 5.11 Å². The predicted molar refractivity (Wildman–Crippen MR) is 71.5 cm³/mol. The van der Waals surface area contributed by atoms with Crippen molar-refractivity contribution in [3.8, 4) is 0 Å². The van der Waals surface area contributed by atoms with E-state index in [4.69, 9.17) is 0 Å². The van der Waals surface area contributed by atoms with Gasteiger partial charge in [-0.3, -0.25) is 4.68 Å². The topological polar surface area (TPSA) is 50.9 Å². The van der Waals surface area contributed by atoms with Crippen LogP contribution in [0.15, 0.2) is 36.7 Å². The fourth-order valence-electron chi connectivity index (χ4n) is 2.07. The quantitative estimate of drug-likeness (QED) is 0.768. The lowest BCUT2D eigenvalue weighted by molar-refractivity contribution is 0.0919. The average Bonchev–Trinajstić information content (AvgIpc) is 2.94. The number of aryl methyl sites for hydroxylation is 1. The van der Waals surface area contributed by atoms with Crippen LogP contribution in [0.1, 0.15) is 17.6 Å². The fourth-order valence-corrected chi connectivity index (χ4v) is 3.17. The largest absolute Gasteiger partial charge is 0.377 e. The zero-order valence-electron chi connectivity index (χ0n) is 10.2. The SMILES string of the molecule is Cn1ncnc1C(C)(O)c1cc2ccccc2s1. The van der Waals surface area contributed by atoms with Crippen molar-refractivity contribution >= 4 is 21.4 Å². The summed E-state index contributed by atoms with van der Waals surface area (Å²) in [4.78, 5) is 5.02. The molecule has 0 aliphatic rings. The molecule has 0 bridgehead atoms. The first-order valence-corrected chi connectivity index (χ1v) is 6.46. The van der Waals surface area contributed by atoms with Crippen LogP contribution in [0.25, 0.3) is 10.1 Å². The predicted octanol–water partition coefficient (Wildman–Crippen LogP) is 2.29. The van der Waals surface area contributed by atoms with Crippen LogP contribution in [0.2, 0.25) is 0 Å². The van der Waals surface area contributed by atoms with Gasteiger partial charge in [-0.05, 0) is 24.4 Å². The maximum atomic E-state index is 10.7. The second-order valence-electron chi connectivity index (χ2n) is 4.43. The number of fused-ring (bicyclic) bond motifs is 1. The summed E-state index contributed by atoms with van der Waals surface area (Å²) in [6.07, 6.45) is 1.46. The van der Waals surface area contributed by atoms with E-state index in [1.165, 1.54) is 6.33 Å². The van der Waals surface area contributed by atoms with Crippen LogP contribution >= 0.6 is 11.3 Å². The maximum absolute atomic E-state index is 10.7. The normalized spacial score (nSPS) is 14.8. The summed E-state index contributed by atoms with van der Waals surface area (Å²) < 4.78 is 2.76. The summed E-state index contributed by atoms with van der Waals surface area (Å²) in [6, 6.07) is 10.1. The van der Waals surface area contributed by atoms with Crippen molar-refractivity contribution in [1.82, 2.24) is 14.8 Å². The molecule has 1 N–H and O–H groups in total. The Bertz CT molecular complexity index is 666. The zero-order valence-corrected chi connectivity index (χ0v) is 11.0. The molecule has 0 amide bonds. The summed E-state index contributed by atoms with van der Waals surface area (Å²) in [7, 11) is 1.78.